The van der Waals surface area contributed by atoms with Gasteiger partial charge in [-0.2, -0.15) is 0 Å². The summed E-state index contributed by atoms with van der Waals surface area (Å²) in [5.41, 5.74) is 6.50. The van der Waals surface area contributed by atoms with Gasteiger partial charge in [-0.15, -0.1) is 0 Å². The molecule has 3 N–H and O–H groups in total. The number of nitrogens with zero attached hydrogens (tertiary/aromatic N) is 1. The maximum Gasteiger partial charge on any atom is 0.328 e. The Balaban J connectivity index is 1.96. The number of anilines is 1. The van der Waals surface area contributed by atoms with Crippen LogP contribution in [0.25, 0.3) is 0 Å². The highest BCUT2D eigenvalue weighted by Crippen LogP contribution is 2.22. The van der Waals surface area contributed by atoms with Crippen LogP contribution in [0, 0.1) is 0 Å². The van der Waals surface area contributed by atoms with E-state index in [2.05, 4.69) is 5.32 Å². The Kier molecular flexibility index (Phi) is 8.94. The zero-order valence-corrected chi connectivity index (χ0v) is 16.6. The molecule has 1 atom stereocenters. The van der Waals surface area contributed by atoms with E-state index in [1.54, 1.807) is 29.2 Å². The van der Waals surface area contributed by atoms with Gasteiger partial charge in [0.1, 0.15) is 6.04 Å². The van der Waals surface area contributed by atoms with E-state index in [1.807, 2.05) is 0 Å². The average molecular weight is 389 g/mol. The van der Waals surface area contributed by atoms with Crippen molar-refractivity contribution in [2.24, 2.45) is 5.73 Å². The first kappa shape index (κ1) is 21.9. The van der Waals surface area contributed by atoms with Crippen molar-refractivity contribution in [1.82, 2.24) is 4.90 Å². The van der Waals surface area contributed by atoms with Crippen molar-refractivity contribution in [2.75, 3.05) is 25.5 Å². The highest BCUT2D eigenvalue weighted by molar-refractivity contribution is 5.99. The molecule has 2 amide bonds. The van der Waals surface area contributed by atoms with Gasteiger partial charge >= 0.3 is 5.97 Å². The van der Waals surface area contributed by atoms with E-state index in [0.717, 1.165) is 38.5 Å². The number of benzene rings is 1. The molecule has 1 aromatic rings. The SMILES string of the molecule is COC(=O)C1CCCCN1C(=O)c1cccc(NC(=O)CCCCCCN)c1. The number of rotatable bonds is 9. The molecular weight excluding hydrogens is 358 g/mol. The van der Waals surface area contributed by atoms with E-state index in [9.17, 15) is 14.4 Å². The Morgan fingerprint density at radius 3 is 2.71 bits per heavy atom. The molecule has 1 heterocycles. The molecule has 1 aliphatic heterocycles. The summed E-state index contributed by atoms with van der Waals surface area (Å²) in [5.74, 6) is -0.664. The summed E-state index contributed by atoms with van der Waals surface area (Å²) in [6.45, 7) is 1.21. The molecule has 1 fully saturated rings. The molecule has 2 rings (SSSR count). The lowest BCUT2D eigenvalue weighted by Gasteiger charge is -2.33. The monoisotopic (exact) mass is 389 g/mol. The normalized spacial score (nSPS) is 16.5. The Hall–Kier alpha value is -2.41. The zero-order chi connectivity index (χ0) is 20.4. The highest BCUT2D eigenvalue weighted by Gasteiger charge is 2.33. The number of hydrogen-bond acceptors (Lipinski definition) is 5. The van der Waals surface area contributed by atoms with E-state index >= 15 is 0 Å². The predicted octanol–water partition coefficient (Wildman–Crippen LogP) is 2.70. The quantitative estimate of drug-likeness (QED) is 0.499. The molecule has 1 saturated heterocycles. The molecule has 28 heavy (non-hydrogen) atoms. The second-order valence-electron chi connectivity index (χ2n) is 7.12. The van der Waals surface area contributed by atoms with Crippen LogP contribution in [-0.2, 0) is 14.3 Å². The third kappa shape index (κ3) is 6.34. The number of nitrogens with one attached hydrogen (secondary N) is 1. The van der Waals surface area contributed by atoms with Gasteiger partial charge in [0.25, 0.3) is 5.91 Å². The van der Waals surface area contributed by atoms with Crippen molar-refractivity contribution in [3.63, 3.8) is 0 Å². The molecular formula is C21H31N3O4. The standard InChI is InChI=1S/C21H31N3O4/c1-28-21(27)18-11-5-7-14-24(18)20(26)16-9-8-10-17(15-16)23-19(25)12-4-2-3-6-13-22/h8-10,15,18H,2-7,11-14,22H2,1H3,(H,23,25). The molecule has 0 aliphatic carbocycles. The molecule has 0 saturated carbocycles. The minimum atomic E-state index is -0.544. The van der Waals surface area contributed by atoms with Crippen LogP contribution in [0.5, 0.6) is 0 Å². The largest absolute Gasteiger partial charge is 0.467 e. The summed E-state index contributed by atoms with van der Waals surface area (Å²) < 4.78 is 4.85. The molecule has 0 radical (unpaired) electrons. The van der Waals surface area contributed by atoms with E-state index in [0.29, 0.717) is 37.2 Å². The fraction of sp³-hybridized carbons (Fsp3) is 0.571. The van der Waals surface area contributed by atoms with Crippen molar-refractivity contribution in [2.45, 2.75) is 57.4 Å². The van der Waals surface area contributed by atoms with Crippen molar-refractivity contribution in [1.29, 1.82) is 0 Å². The number of ether oxygens (including phenoxy) is 1. The Morgan fingerprint density at radius 2 is 1.96 bits per heavy atom. The topological polar surface area (TPSA) is 102 Å². The highest BCUT2D eigenvalue weighted by atomic mass is 16.5. The number of carbonyl (C=O) groups excluding carboxylic acids is 3. The second kappa shape index (κ2) is 11.4. The molecule has 0 bridgehead atoms. The van der Waals surface area contributed by atoms with Crippen molar-refractivity contribution >= 4 is 23.5 Å². The molecule has 0 aromatic heterocycles. The van der Waals surface area contributed by atoms with Crippen LogP contribution < -0.4 is 11.1 Å². The summed E-state index contributed by atoms with van der Waals surface area (Å²) in [6, 6.07) is 6.32. The lowest BCUT2D eigenvalue weighted by Crippen LogP contribution is -2.48. The number of unbranched alkanes of at least 4 members (excludes halogenated alkanes) is 3. The number of methoxy groups -OCH3 is 1. The van der Waals surface area contributed by atoms with Crippen LogP contribution in [0.1, 0.15) is 61.7 Å². The summed E-state index contributed by atoms with van der Waals surface area (Å²) in [6.07, 6.45) is 6.62. The molecule has 154 valence electrons. The molecule has 1 aromatic carbocycles. The average Bonchev–Trinajstić information content (AvgIpc) is 2.72. The molecule has 0 spiro atoms. The zero-order valence-electron chi connectivity index (χ0n) is 16.6. The van der Waals surface area contributed by atoms with Crippen LogP contribution in [0.4, 0.5) is 5.69 Å². The van der Waals surface area contributed by atoms with Crippen molar-refractivity contribution < 1.29 is 19.1 Å². The summed E-state index contributed by atoms with van der Waals surface area (Å²) in [5, 5.41) is 2.85. The van der Waals surface area contributed by atoms with Gasteiger partial charge in [-0.3, -0.25) is 9.59 Å². The van der Waals surface area contributed by atoms with Gasteiger partial charge in [0.2, 0.25) is 5.91 Å². The van der Waals surface area contributed by atoms with Crippen LogP contribution in [0.3, 0.4) is 0 Å². The third-order valence-electron chi connectivity index (χ3n) is 4.99. The van der Waals surface area contributed by atoms with Crippen molar-refractivity contribution in [3.8, 4) is 0 Å². The number of nitrogens with two attached hydrogens (primary N) is 1. The third-order valence-corrected chi connectivity index (χ3v) is 4.99. The molecule has 1 unspecified atom stereocenters. The van der Waals surface area contributed by atoms with Gasteiger partial charge in [-0.25, -0.2) is 4.79 Å². The fourth-order valence-electron chi connectivity index (χ4n) is 3.46. The van der Waals surface area contributed by atoms with Gasteiger partial charge in [-0.05, 0) is 56.8 Å². The van der Waals surface area contributed by atoms with Gasteiger partial charge < -0.3 is 20.7 Å². The van der Waals surface area contributed by atoms with Crippen LogP contribution in [0.15, 0.2) is 24.3 Å². The maximum atomic E-state index is 12.9. The number of likely N-dealkylation sites (tertiary alicyclic amines) is 1. The smallest absolute Gasteiger partial charge is 0.328 e. The van der Waals surface area contributed by atoms with Gasteiger partial charge in [-0.1, -0.05) is 18.9 Å². The summed E-state index contributed by atoms with van der Waals surface area (Å²) in [7, 11) is 1.34. The number of esters is 1. The predicted molar refractivity (Wildman–Crippen MR) is 108 cm³/mol. The van der Waals surface area contributed by atoms with E-state index in [4.69, 9.17) is 10.5 Å². The van der Waals surface area contributed by atoms with Gasteiger partial charge in [0.15, 0.2) is 0 Å². The number of hydrogen-bond donors (Lipinski definition) is 2. The lowest BCUT2D eigenvalue weighted by atomic mass is 10.0. The number of amides is 2. The van der Waals surface area contributed by atoms with E-state index in [1.165, 1.54) is 7.11 Å². The summed E-state index contributed by atoms with van der Waals surface area (Å²) >= 11 is 0. The first-order chi connectivity index (χ1) is 13.6. The maximum absolute atomic E-state index is 12.9. The first-order valence-corrected chi connectivity index (χ1v) is 10.1. The van der Waals surface area contributed by atoms with Crippen LogP contribution in [-0.4, -0.2) is 48.9 Å². The van der Waals surface area contributed by atoms with E-state index in [-0.39, 0.29) is 17.8 Å². The lowest BCUT2D eigenvalue weighted by molar-refractivity contribution is -0.147. The number of piperidine rings is 1. The molecule has 1 aliphatic rings. The van der Waals surface area contributed by atoms with Crippen molar-refractivity contribution in [3.05, 3.63) is 29.8 Å². The van der Waals surface area contributed by atoms with E-state index < -0.39 is 6.04 Å². The van der Waals surface area contributed by atoms with Crippen LogP contribution >= 0.6 is 0 Å². The summed E-state index contributed by atoms with van der Waals surface area (Å²) in [4.78, 5) is 38.6. The Bertz CT molecular complexity index is 677. The molecule has 7 heteroatoms. The Labute approximate surface area is 166 Å². The Morgan fingerprint density at radius 1 is 1.18 bits per heavy atom. The van der Waals surface area contributed by atoms with Gasteiger partial charge in [0.05, 0.1) is 7.11 Å². The van der Waals surface area contributed by atoms with Crippen LogP contribution in [0.2, 0.25) is 0 Å². The van der Waals surface area contributed by atoms with Gasteiger partial charge in [0, 0.05) is 24.2 Å². The minimum absolute atomic E-state index is 0.0669. The first-order valence-electron chi connectivity index (χ1n) is 10.1. The minimum Gasteiger partial charge on any atom is -0.467 e. The fourth-order valence-corrected chi connectivity index (χ4v) is 3.46. The number of carbonyl (C=O) groups is 3. The second-order valence-corrected chi connectivity index (χ2v) is 7.12. The molecule has 7 nitrogen and oxygen atoms in total.